The van der Waals surface area contributed by atoms with E-state index >= 15 is 0 Å². The Morgan fingerprint density at radius 2 is 1.92 bits per heavy atom. The highest BCUT2D eigenvalue weighted by molar-refractivity contribution is 7.09. The molecular weight excluding hydrogens is 352 g/mol. The number of aromatic nitrogens is 2. The zero-order chi connectivity index (χ0) is 19.2. The largest absolute Gasteiger partial charge is 0.481 e. The number of amides is 2. The number of aliphatic carboxylic acids is 1. The van der Waals surface area contributed by atoms with Crippen molar-refractivity contribution < 1.29 is 14.7 Å². The van der Waals surface area contributed by atoms with E-state index in [4.69, 9.17) is 5.11 Å². The first kappa shape index (κ1) is 19.8. The van der Waals surface area contributed by atoms with Gasteiger partial charge in [-0.2, -0.15) is 4.37 Å². The average Bonchev–Trinajstić information content (AvgIpc) is 3.02. The minimum Gasteiger partial charge on any atom is -0.481 e. The van der Waals surface area contributed by atoms with E-state index in [0.29, 0.717) is 23.8 Å². The molecule has 26 heavy (non-hydrogen) atoms. The summed E-state index contributed by atoms with van der Waals surface area (Å²) in [5.74, 6) is -0.214. The van der Waals surface area contributed by atoms with Gasteiger partial charge in [-0.15, -0.1) is 0 Å². The highest BCUT2D eigenvalue weighted by atomic mass is 32.1. The highest BCUT2D eigenvalue weighted by Crippen LogP contribution is 2.22. The lowest BCUT2D eigenvalue weighted by Crippen LogP contribution is -2.39. The van der Waals surface area contributed by atoms with Crippen LogP contribution in [0.5, 0.6) is 0 Å². The molecule has 2 aromatic rings. The molecule has 2 amide bonds. The smallest absolute Gasteiger partial charge is 0.321 e. The third kappa shape index (κ3) is 6.44. The van der Waals surface area contributed by atoms with Gasteiger partial charge in [0.05, 0.1) is 0 Å². The third-order valence-corrected chi connectivity index (χ3v) is 4.31. The van der Waals surface area contributed by atoms with Crippen molar-refractivity contribution in [3.05, 3.63) is 41.7 Å². The van der Waals surface area contributed by atoms with Gasteiger partial charge < -0.3 is 10.4 Å². The van der Waals surface area contributed by atoms with Crippen LogP contribution in [-0.4, -0.2) is 32.5 Å². The van der Waals surface area contributed by atoms with E-state index in [1.807, 2.05) is 51.1 Å². The first-order chi connectivity index (χ1) is 12.2. The van der Waals surface area contributed by atoms with Gasteiger partial charge in [-0.25, -0.2) is 9.78 Å². The summed E-state index contributed by atoms with van der Waals surface area (Å²) in [6.07, 6.45) is 0.899. The lowest BCUT2D eigenvalue weighted by molar-refractivity contribution is -0.137. The molecule has 0 aliphatic heterocycles. The van der Waals surface area contributed by atoms with Gasteiger partial charge in [0.1, 0.15) is 5.82 Å². The van der Waals surface area contributed by atoms with Crippen LogP contribution in [0, 0.1) is 0 Å². The van der Waals surface area contributed by atoms with E-state index in [-0.39, 0.29) is 17.9 Å². The van der Waals surface area contributed by atoms with Crippen molar-refractivity contribution >= 4 is 28.7 Å². The van der Waals surface area contributed by atoms with Gasteiger partial charge in [-0.1, -0.05) is 51.1 Å². The molecule has 0 bridgehead atoms. The molecule has 1 aromatic heterocycles. The van der Waals surface area contributed by atoms with Crippen molar-refractivity contribution in [2.24, 2.45) is 0 Å². The zero-order valence-electron chi connectivity index (χ0n) is 15.2. The number of hydrogen-bond acceptors (Lipinski definition) is 5. The Morgan fingerprint density at radius 1 is 1.23 bits per heavy atom. The molecule has 8 heteroatoms. The number of nitrogens with one attached hydrogen (secondary N) is 2. The van der Waals surface area contributed by atoms with Gasteiger partial charge in [-0.05, 0) is 18.4 Å². The first-order valence-electron chi connectivity index (χ1n) is 8.41. The maximum Gasteiger partial charge on any atom is 0.321 e. The molecule has 0 aliphatic rings. The predicted molar refractivity (Wildman–Crippen MR) is 102 cm³/mol. The zero-order valence-corrected chi connectivity index (χ0v) is 16.0. The van der Waals surface area contributed by atoms with E-state index in [0.717, 1.165) is 17.1 Å². The normalized spacial score (nSPS) is 12.4. The molecular formula is C18H24N4O3S. The molecule has 7 nitrogen and oxygen atoms in total. The lowest BCUT2D eigenvalue weighted by Gasteiger charge is -2.18. The van der Waals surface area contributed by atoms with Crippen LogP contribution >= 0.6 is 11.5 Å². The fourth-order valence-corrected chi connectivity index (χ4v) is 3.07. The second kappa shape index (κ2) is 8.75. The fourth-order valence-electron chi connectivity index (χ4n) is 2.32. The van der Waals surface area contributed by atoms with Crippen LogP contribution in [0.1, 0.15) is 45.0 Å². The molecule has 1 unspecified atom stereocenters. The Bertz CT molecular complexity index is 740. The summed E-state index contributed by atoms with van der Waals surface area (Å²) in [5, 5.41) is 14.9. The number of nitrogens with zero attached hydrogens (tertiary/aromatic N) is 2. The molecule has 0 fully saturated rings. The molecule has 2 rings (SSSR count). The maximum absolute atomic E-state index is 12.3. The van der Waals surface area contributed by atoms with Crippen LogP contribution < -0.4 is 10.6 Å². The summed E-state index contributed by atoms with van der Waals surface area (Å²) < 4.78 is 4.26. The fraction of sp³-hybridized carbons (Fsp3) is 0.444. The molecule has 3 N–H and O–H groups in total. The lowest BCUT2D eigenvalue weighted by atomic mass is 9.96. The molecule has 0 radical (unpaired) electrons. The summed E-state index contributed by atoms with van der Waals surface area (Å²) in [4.78, 5) is 27.5. The van der Waals surface area contributed by atoms with Crippen molar-refractivity contribution in [1.29, 1.82) is 0 Å². The Balaban J connectivity index is 1.98. The minimum absolute atomic E-state index is 0.00917. The maximum atomic E-state index is 12.3. The first-order valence-corrected chi connectivity index (χ1v) is 9.19. The molecule has 1 aromatic carbocycles. The van der Waals surface area contributed by atoms with E-state index in [9.17, 15) is 9.59 Å². The van der Waals surface area contributed by atoms with Crippen LogP contribution in [0.3, 0.4) is 0 Å². The van der Waals surface area contributed by atoms with Crippen molar-refractivity contribution in [2.45, 2.75) is 51.5 Å². The number of hydrogen-bond donors (Lipinski definition) is 3. The summed E-state index contributed by atoms with van der Waals surface area (Å²) in [6.45, 7) is 6.00. The van der Waals surface area contributed by atoms with E-state index in [1.54, 1.807) is 0 Å². The molecule has 0 aliphatic carbocycles. The highest BCUT2D eigenvalue weighted by Gasteiger charge is 2.21. The van der Waals surface area contributed by atoms with Crippen LogP contribution in [-0.2, 0) is 16.6 Å². The molecule has 1 atom stereocenters. The quantitative estimate of drug-likeness (QED) is 0.687. The third-order valence-electron chi connectivity index (χ3n) is 3.68. The molecule has 140 valence electrons. The number of anilines is 1. The SMILES string of the molecule is CC(C)(C)c1nsc(NC(=O)NC(CCC(=O)O)Cc2ccccc2)n1. The van der Waals surface area contributed by atoms with Crippen molar-refractivity contribution in [3.63, 3.8) is 0 Å². The van der Waals surface area contributed by atoms with Crippen LogP contribution in [0.15, 0.2) is 30.3 Å². The van der Waals surface area contributed by atoms with Gasteiger partial charge in [0.25, 0.3) is 0 Å². The summed E-state index contributed by atoms with van der Waals surface area (Å²) >= 11 is 1.13. The minimum atomic E-state index is -0.885. The number of urea groups is 1. The van der Waals surface area contributed by atoms with Crippen LogP contribution in [0.4, 0.5) is 9.93 Å². The Hall–Kier alpha value is -2.48. The van der Waals surface area contributed by atoms with Gasteiger partial charge in [0.2, 0.25) is 5.13 Å². The molecule has 0 saturated carbocycles. The van der Waals surface area contributed by atoms with Crippen LogP contribution in [0.2, 0.25) is 0 Å². The number of carboxylic acids is 1. The number of carbonyl (C=O) groups is 2. The van der Waals surface area contributed by atoms with Crippen molar-refractivity contribution in [1.82, 2.24) is 14.7 Å². The van der Waals surface area contributed by atoms with Gasteiger partial charge >= 0.3 is 12.0 Å². The Morgan fingerprint density at radius 3 is 2.50 bits per heavy atom. The second-order valence-corrected chi connectivity index (χ2v) is 7.84. The standard InChI is InChI=1S/C18H24N4O3S/c1-18(2,3)15-20-17(26-22-15)21-16(25)19-13(9-10-14(23)24)11-12-7-5-4-6-8-12/h4-8,13H,9-11H2,1-3H3,(H,23,24)(H2,19,20,21,22,25). The van der Waals surface area contributed by atoms with Gasteiger partial charge in [0, 0.05) is 29.4 Å². The van der Waals surface area contributed by atoms with Gasteiger partial charge in [-0.3, -0.25) is 10.1 Å². The van der Waals surface area contributed by atoms with Crippen molar-refractivity contribution in [2.75, 3.05) is 5.32 Å². The molecule has 0 saturated heterocycles. The number of benzene rings is 1. The summed E-state index contributed by atoms with van der Waals surface area (Å²) in [6, 6.07) is 8.95. The second-order valence-electron chi connectivity index (χ2n) is 7.09. The van der Waals surface area contributed by atoms with Crippen molar-refractivity contribution in [3.8, 4) is 0 Å². The predicted octanol–water partition coefficient (Wildman–Crippen LogP) is 3.43. The number of carbonyl (C=O) groups excluding carboxylic acids is 1. The van der Waals surface area contributed by atoms with E-state index in [2.05, 4.69) is 20.0 Å². The monoisotopic (exact) mass is 376 g/mol. The topological polar surface area (TPSA) is 104 Å². The summed E-state index contributed by atoms with van der Waals surface area (Å²) in [5.41, 5.74) is 0.846. The molecule has 1 heterocycles. The average molecular weight is 376 g/mol. The van der Waals surface area contributed by atoms with Crippen LogP contribution in [0.25, 0.3) is 0 Å². The summed E-state index contributed by atoms with van der Waals surface area (Å²) in [7, 11) is 0. The number of carboxylic acid groups (broad SMARTS) is 1. The number of rotatable bonds is 7. The Kier molecular flexibility index (Phi) is 6.68. The molecule has 0 spiro atoms. The van der Waals surface area contributed by atoms with E-state index < -0.39 is 12.0 Å². The van der Waals surface area contributed by atoms with Gasteiger partial charge in [0.15, 0.2) is 0 Å². The Labute approximate surface area is 157 Å². The van der Waals surface area contributed by atoms with E-state index in [1.165, 1.54) is 0 Å².